The number of hydrazine groups is 1. The molecule has 0 saturated carbocycles. The summed E-state index contributed by atoms with van der Waals surface area (Å²) in [7, 11) is 0. The molecule has 3 aliphatic heterocycles. The summed E-state index contributed by atoms with van der Waals surface area (Å²) in [5, 5.41) is 3.10. The molecule has 1 aromatic rings. The standard InChI is InChI=1S/C20H25N3O3/c1-14-8-12-21(13-9-14)18(24)15-6-5-7-16-17(15)20(26)23(19(16)25)22-10-3-2-4-11-22/h5-7,14H,2-4,8-13H2,1H3. The number of likely N-dealkylation sites (tertiary alicyclic amines) is 1. The molecule has 2 fully saturated rings. The number of piperidine rings is 2. The fourth-order valence-electron chi connectivity index (χ4n) is 4.17. The normalized spacial score (nSPS) is 22.0. The van der Waals surface area contributed by atoms with Crippen molar-refractivity contribution < 1.29 is 14.4 Å². The lowest BCUT2D eigenvalue weighted by molar-refractivity contribution is -0.00691. The summed E-state index contributed by atoms with van der Waals surface area (Å²) in [4.78, 5) is 40.7. The Morgan fingerprint density at radius 1 is 0.962 bits per heavy atom. The lowest BCUT2D eigenvalue weighted by Gasteiger charge is -2.33. The van der Waals surface area contributed by atoms with Gasteiger partial charge in [0.25, 0.3) is 17.7 Å². The minimum absolute atomic E-state index is 0.129. The Labute approximate surface area is 153 Å². The van der Waals surface area contributed by atoms with Crippen molar-refractivity contribution in [3.05, 3.63) is 34.9 Å². The quantitative estimate of drug-likeness (QED) is 0.765. The zero-order chi connectivity index (χ0) is 18.3. The Hall–Kier alpha value is -2.21. The van der Waals surface area contributed by atoms with E-state index in [1.165, 1.54) is 5.01 Å². The van der Waals surface area contributed by atoms with Gasteiger partial charge in [-0.15, -0.1) is 0 Å². The number of carbonyl (C=O) groups excluding carboxylic acids is 3. The van der Waals surface area contributed by atoms with Crippen LogP contribution in [0.1, 0.15) is 70.1 Å². The third-order valence-corrected chi connectivity index (χ3v) is 5.81. The Balaban J connectivity index is 1.64. The zero-order valence-corrected chi connectivity index (χ0v) is 15.2. The third-order valence-electron chi connectivity index (χ3n) is 5.81. The number of benzene rings is 1. The second-order valence-corrected chi connectivity index (χ2v) is 7.64. The van der Waals surface area contributed by atoms with Crippen molar-refractivity contribution >= 4 is 17.7 Å². The molecule has 0 unspecified atom stereocenters. The molecular weight excluding hydrogens is 330 g/mol. The summed E-state index contributed by atoms with van der Waals surface area (Å²) in [5.74, 6) is -0.149. The summed E-state index contributed by atoms with van der Waals surface area (Å²) in [6, 6.07) is 5.06. The molecule has 0 N–H and O–H groups in total. The predicted octanol–water partition coefficient (Wildman–Crippen LogP) is 2.56. The first-order valence-corrected chi connectivity index (χ1v) is 9.64. The van der Waals surface area contributed by atoms with E-state index in [0.717, 1.165) is 32.1 Å². The molecule has 0 atom stereocenters. The van der Waals surface area contributed by atoms with Crippen LogP contribution in [-0.4, -0.2) is 58.8 Å². The number of imide groups is 1. The molecule has 3 heterocycles. The molecule has 0 aliphatic carbocycles. The van der Waals surface area contributed by atoms with E-state index in [4.69, 9.17) is 0 Å². The number of hydrogen-bond acceptors (Lipinski definition) is 4. The molecule has 0 radical (unpaired) electrons. The maximum Gasteiger partial charge on any atom is 0.277 e. The highest BCUT2D eigenvalue weighted by molar-refractivity contribution is 6.24. The minimum atomic E-state index is -0.346. The van der Waals surface area contributed by atoms with Gasteiger partial charge in [0.2, 0.25) is 0 Å². The van der Waals surface area contributed by atoms with Gasteiger partial charge >= 0.3 is 0 Å². The van der Waals surface area contributed by atoms with E-state index >= 15 is 0 Å². The highest BCUT2D eigenvalue weighted by Crippen LogP contribution is 2.30. The van der Waals surface area contributed by atoms with Crippen LogP contribution >= 0.6 is 0 Å². The van der Waals surface area contributed by atoms with Gasteiger partial charge < -0.3 is 4.90 Å². The second-order valence-electron chi connectivity index (χ2n) is 7.64. The SMILES string of the molecule is CC1CCN(C(=O)c2cccc3c2C(=O)N(N2CCCCC2)C3=O)CC1. The van der Waals surface area contributed by atoms with Gasteiger partial charge in [-0.3, -0.25) is 14.4 Å². The summed E-state index contributed by atoms with van der Waals surface area (Å²) in [6.45, 7) is 5.03. The van der Waals surface area contributed by atoms with Gasteiger partial charge in [0.05, 0.1) is 16.7 Å². The van der Waals surface area contributed by atoms with Crippen molar-refractivity contribution in [2.45, 2.75) is 39.0 Å². The number of fused-ring (bicyclic) bond motifs is 1. The monoisotopic (exact) mass is 355 g/mol. The smallest absolute Gasteiger partial charge is 0.277 e. The van der Waals surface area contributed by atoms with Crippen molar-refractivity contribution in [1.29, 1.82) is 0 Å². The van der Waals surface area contributed by atoms with Crippen LogP contribution in [0.15, 0.2) is 18.2 Å². The van der Waals surface area contributed by atoms with Crippen molar-refractivity contribution in [2.75, 3.05) is 26.2 Å². The first-order valence-electron chi connectivity index (χ1n) is 9.64. The molecule has 4 rings (SSSR count). The minimum Gasteiger partial charge on any atom is -0.339 e. The molecule has 2 saturated heterocycles. The molecular formula is C20H25N3O3. The Bertz CT molecular complexity index is 747. The van der Waals surface area contributed by atoms with Crippen molar-refractivity contribution in [3.63, 3.8) is 0 Å². The molecule has 3 aliphatic rings. The largest absolute Gasteiger partial charge is 0.339 e. The average Bonchev–Trinajstić information content (AvgIpc) is 2.93. The molecule has 6 heteroatoms. The molecule has 0 spiro atoms. The van der Waals surface area contributed by atoms with Gasteiger partial charge in [0.1, 0.15) is 0 Å². The van der Waals surface area contributed by atoms with Gasteiger partial charge in [-0.1, -0.05) is 19.4 Å². The molecule has 138 valence electrons. The summed E-state index contributed by atoms with van der Waals surface area (Å²) in [5.41, 5.74) is 1.01. The first kappa shape index (κ1) is 17.2. The molecule has 0 aromatic heterocycles. The summed E-state index contributed by atoms with van der Waals surface area (Å²) >= 11 is 0. The van der Waals surface area contributed by atoms with Crippen molar-refractivity contribution in [1.82, 2.24) is 14.9 Å². The topological polar surface area (TPSA) is 60.9 Å². The number of rotatable bonds is 2. The highest BCUT2D eigenvalue weighted by Gasteiger charge is 2.42. The van der Waals surface area contributed by atoms with Gasteiger partial charge in [-0.05, 0) is 43.7 Å². The van der Waals surface area contributed by atoms with Gasteiger partial charge in [-0.2, -0.15) is 0 Å². The van der Waals surface area contributed by atoms with E-state index in [0.29, 0.717) is 43.2 Å². The van der Waals surface area contributed by atoms with E-state index in [9.17, 15) is 14.4 Å². The number of amides is 3. The van der Waals surface area contributed by atoms with Crippen LogP contribution < -0.4 is 0 Å². The molecule has 1 aromatic carbocycles. The van der Waals surface area contributed by atoms with Gasteiger partial charge in [-0.25, -0.2) is 10.0 Å². The lowest BCUT2D eigenvalue weighted by atomic mass is 9.97. The van der Waals surface area contributed by atoms with E-state index in [-0.39, 0.29) is 23.3 Å². The molecule has 26 heavy (non-hydrogen) atoms. The Kier molecular flexibility index (Phi) is 4.53. The number of carbonyl (C=O) groups is 3. The van der Waals surface area contributed by atoms with E-state index in [1.54, 1.807) is 18.2 Å². The Morgan fingerprint density at radius 3 is 2.35 bits per heavy atom. The van der Waals surface area contributed by atoms with Crippen molar-refractivity contribution in [2.24, 2.45) is 5.92 Å². The average molecular weight is 355 g/mol. The third kappa shape index (κ3) is 2.82. The van der Waals surface area contributed by atoms with Gasteiger partial charge in [0.15, 0.2) is 0 Å². The van der Waals surface area contributed by atoms with Crippen LogP contribution in [0, 0.1) is 5.92 Å². The molecule has 6 nitrogen and oxygen atoms in total. The predicted molar refractivity (Wildman–Crippen MR) is 96.7 cm³/mol. The van der Waals surface area contributed by atoms with Crippen molar-refractivity contribution in [3.8, 4) is 0 Å². The number of hydrogen-bond donors (Lipinski definition) is 0. The van der Waals surface area contributed by atoms with Crippen LogP contribution in [0.2, 0.25) is 0 Å². The van der Waals surface area contributed by atoms with E-state index in [1.807, 2.05) is 9.91 Å². The van der Waals surface area contributed by atoms with Crippen LogP contribution in [0.25, 0.3) is 0 Å². The zero-order valence-electron chi connectivity index (χ0n) is 15.2. The first-order chi connectivity index (χ1) is 12.6. The molecule has 3 amide bonds. The fourth-order valence-corrected chi connectivity index (χ4v) is 4.17. The maximum absolute atomic E-state index is 13.1. The molecule has 0 bridgehead atoms. The van der Waals surface area contributed by atoms with Crippen LogP contribution in [0.4, 0.5) is 0 Å². The van der Waals surface area contributed by atoms with E-state index < -0.39 is 0 Å². The summed E-state index contributed by atoms with van der Waals surface area (Å²) < 4.78 is 0. The second kappa shape index (κ2) is 6.83. The Morgan fingerprint density at radius 2 is 1.65 bits per heavy atom. The van der Waals surface area contributed by atoms with Crippen LogP contribution in [0.5, 0.6) is 0 Å². The fraction of sp³-hybridized carbons (Fsp3) is 0.550. The van der Waals surface area contributed by atoms with Crippen LogP contribution in [-0.2, 0) is 0 Å². The van der Waals surface area contributed by atoms with Crippen LogP contribution in [0.3, 0.4) is 0 Å². The number of nitrogens with zero attached hydrogens (tertiary/aromatic N) is 3. The lowest BCUT2D eigenvalue weighted by Crippen LogP contribution is -2.48. The van der Waals surface area contributed by atoms with Gasteiger partial charge in [0, 0.05) is 26.2 Å². The highest BCUT2D eigenvalue weighted by atomic mass is 16.2. The summed E-state index contributed by atoms with van der Waals surface area (Å²) in [6.07, 6.45) is 5.04. The van der Waals surface area contributed by atoms with E-state index in [2.05, 4.69) is 6.92 Å². The maximum atomic E-state index is 13.1.